The molecular formula is C19H15N3O2S2. The highest BCUT2D eigenvalue weighted by Crippen LogP contribution is 2.56. The summed E-state index contributed by atoms with van der Waals surface area (Å²) in [6.45, 7) is 2.03. The van der Waals surface area contributed by atoms with Crippen LogP contribution in [0.3, 0.4) is 0 Å². The molecule has 5 rings (SSSR count). The number of anilines is 2. The molecule has 1 fully saturated rings. The van der Waals surface area contributed by atoms with Gasteiger partial charge in [0.15, 0.2) is 10.0 Å². The lowest BCUT2D eigenvalue weighted by Gasteiger charge is -2.29. The van der Waals surface area contributed by atoms with Gasteiger partial charge >= 0.3 is 0 Å². The third-order valence-electron chi connectivity index (χ3n) is 4.79. The van der Waals surface area contributed by atoms with Crippen LogP contribution in [0.1, 0.15) is 18.4 Å². The number of hydrogen-bond donors (Lipinski definition) is 1. The molecule has 2 aromatic carbocycles. The lowest BCUT2D eigenvalue weighted by atomic mass is 10.2. The van der Waals surface area contributed by atoms with Crippen molar-refractivity contribution in [3.63, 3.8) is 0 Å². The number of hydrogen-bond acceptors (Lipinski definition) is 5. The summed E-state index contributed by atoms with van der Waals surface area (Å²) in [7, 11) is 0. The van der Waals surface area contributed by atoms with Gasteiger partial charge in [0.05, 0.1) is 15.9 Å². The van der Waals surface area contributed by atoms with E-state index in [-0.39, 0.29) is 11.8 Å². The Morgan fingerprint density at radius 3 is 3.00 bits per heavy atom. The second kappa shape index (κ2) is 5.56. The van der Waals surface area contributed by atoms with Crippen molar-refractivity contribution in [1.29, 1.82) is 0 Å². The Hall–Kier alpha value is -2.38. The molecule has 2 amide bonds. The molecule has 0 spiro atoms. The highest BCUT2D eigenvalue weighted by Gasteiger charge is 2.57. The van der Waals surface area contributed by atoms with Crippen molar-refractivity contribution in [2.24, 2.45) is 0 Å². The van der Waals surface area contributed by atoms with Gasteiger partial charge in [0.2, 0.25) is 5.91 Å². The van der Waals surface area contributed by atoms with Crippen molar-refractivity contribution in [2.75, 3.05) is 10.2 Å². The zero-order valence-corrected chi connectivity index (χ0v) is 15.6. The molecule has 26 heavy (non-hydrogen) atoms. The second-order valence-corrected chi connectivity index (χ2v) is 8.88. The summed E-state index contributed by atoms with van der Waals surface area (Å²) in [5.41, 5.74) is 2.86. The topological polar surface area (TPSA) is 62.3 Å². The largest absolute Gasteiger partial charge is 0.299 e. The molecule has 3 aromatic rings. The number of nitrogens with zero attached hydrogens (tertiary/aromatic N) is 2. The molecule has 0 saturated carbocycles. The first-order valence-corrected chi connectivity index (χ1v) is 10.00. The van der Waals surface area contributed by atoms with Crippen LogP contribution in [-0.4, -0.2) is 21.7 Å². The van der Waals surface area contributed by atoms with Crippen LogP contribution in [0.4, 0.5) is 10.8 Å². The zero-order chi connectivity index (χ0) is 17.9. The van der Waals surface area contributed by atoms with E-state index in [1.165, 1.54) is 23.1 Å². The average molecular weight is 381 g/mol. The molecular weight excluding hydrogens is 366 g/mol. The molecule has 0 aliphatic carbocycles. The van der Waals surface area contributed by atoms with E-state index >= 15 is 0 Å². The maximum absolute atomic E-state index is 13.2. The Morgan fingerprint density at radius 2 is 2.12 bits per heavy atom. The van der Waals surface area contributed by atoms with Crippen LogP contribution in [-0.2, 0) is 9.59 Å². The summed E-state index contributed by atoms with van der Waals surface area (Å²) >= 11 is 2.92. The molecule has 130 valence electrons. The molecule has 1 N–H and O–H groups in total. The molecule has 2 aliphatic rings. The van der Waals surface area contributed by atoms with Gasteiger partial charge in [0.25, 0.3) is 5.91 Å². The van der Waals surface area contributed by atoms with Crippen LogP contribution < -0.4 is 10.2 Å². The van der Waals surface area contributed by atoms with Crippen molar-refractivity contribution in [3.8, 4) is 0 Å². The first-order valence-electron chi connectivity index (χ1n) is 8.37. The van der Waals surface area contributed by atoms with Crippen LogP contribution >= 0.6 is 23.1 Å². The van der Waals surface area contributed by atoms with E-state index in [9.17, 15) is 9.59 Å². The number of aryl methyl sites for hydroxylation is 1. The first kappa shape index (κ1) is 15.8. The number of carbonyl (C=O) groups is 2. The Bertz CT molecular complexity index is 1080. The Balaban J connectivity index is 1.50. The summed E-state index contributed by atoms with van der Waals surface area (Å²) in [5, 5.41) is 3.53. The molecule has 0 bridgehead atoms. The van der Waals surface area contributed by atoms with Gasteiger partial charge in [-0.05, 0) is 43.2 Å². The maximum atomic E-state index is 13.2. The van der Waals surface area contributed by atoms with Gasteiger partial charge in [-0.1, -0.05) is 41.3 Å². The van der Waals surface area contributed by atoms with E-state index in [4.69, 9.17) is 0 Å². The smallest absolute Gasteiger partial charge is 0.263 e. The fraction of sp³-hybridized carbons (Fsp3) is 0.211. The van der Waals surface area contributed by atoms with Crippen LogP contribution in [0, 0.1) is 6.92 Å². The summed E-state index contributed by atoms with van der Waals surface area (Å²) in [5.74, 6) is -0.183. The number of amides is 2. The molecule has 1 atom stereocenters. The van der Waals surface area contributed by atoms with Crippen molar-refractivity contribution in [1.82, 2.24) is 4.98 Å². The fourth-order valence-corrected chi connectivity index (χ4v) is 5.95. The van der Waals surface area contributed by atoms with Crippen LogP contribution in [0.2, 0.25) is 0 Å². The highest BCUT2D eigenvalue weighted by atomic mass is 32.2. The fourth-order valence-electron chi connectivity index (χ4n) is 3.58. The lowest BCUT2D eigenvalue weighted by molar-refractivity contribution is -0.121. The number of para-hydroxylation sites is 1. The minimum atomic E-state index is -0.908. The van der Waals surface area contributed by atoms with Crippen LogP contribution in [0.25, 0.3) is 10.2 Å². The molecule has 0 unspecified atom stereocenters. The average Bonchev–Trinajstić information content (AvgIpc) is 3.26. The molecule has 1 saturated heterocycles. The van der Waals surface area contributed by atoms with E-state index in [1.807, 2.05) is 43.3 Å². The third-order valence-corrected chi connectivity index (χ3v) is 7.20. The van der Waals surface area contributed by atoms with Crippen LogP contribution in [0.15, 0.2) is 47.4 Å². The molecule has 5 nitrogen and oxygen atoms in total. The quantitative estimate of drug-likeness (QED) is 0.724. The highest BCUT2D eigenvalue weighted by molar-refractivity contribution is 8.02. The molecule has 1 aromatic heterocycles. The van der Waals surface area contributed by atoms with E-state index < -0.39 is 4.87 Å². The minimum absolute atomic E-state index is 0.00229. The zero-order valence-electron chi connectivity index (χ0n) is 14.0. The number of benzene rings is 2. The van der Waals surface area contributed by atoms with Crippen LogP contribution in [0.5, 0.6) is 0 Å². The Labute approximate surface area is 158 Å². The van der Waals surface area contributed by atoms with Gasteiger partial charge in [-0.25, -0.2) is 4.98 Å². The van der Waals surface area contributed by atoms with Gasteiger partial charge in [-0.2, -0.15) is 0 Å². The summed E-state index contributed by atoms with van der Waals surface area (Å²) in [6.07, 6.45) is 0.884. The number of thiazole rings is 1. The lowest BCUT2D eigenvalue weighted by Crippen LogP contribution is -2.49. The van der Waals surface area contributed by atoms with Crippen molar-refractivity contribution < 1.29 is 9.59 Å². The SMILES string of the molecule is Cc1ccc2nc(NC(=O)[C@@]34CCC(=O)N3c3ccccc3S4)sc2c1. The van der Waals surface area contributed by atoms with E-state index in [0.29, 0.717) is 18.0 Å². The second-order valence-electron chi connectivity index (χ2n) is 6.53. The standard InChI is InChI=1S/C19H15N3O2S2/c1-11-6-7-12-15(10-11)25-18(20-12)21-17(24)19-9-8-16(23)22(19)13-4-2-3-5-14(13)26-19/h2-7,10H,8-9H2,1H3,(H,20,21,24)/t19-/m0/s1. The van der Waals surface area contributed by atoms with E-state index in [2.05, 4.69) is 16.4 Å². The summed E-state index contributed by atoms with van der Waals surface area (Å²) < 4.78 is 1.04. The van der Waals surface area contributed by atoms with Crippen molar-refractivity contribution in [2.45, 2.75) is 29.5 Å². The molecule has 3 heterocycles. The Morgan fingerprint density at radius 1 is 1.27 bits per heavy atom. The molecule has 2 aliphatic heterocycles. The third kappa shape index (κ3) is 2.20. The number of nitrogens with one attached hydrogen (secondary N) is 1. The van der Waals surface area contributed by atoms with Gasteiger partial charge in [-0.15, -0.1) is 0 Å². The minimum Gasteiger partial charge on any atom is -0.299 e. The monoisotopic (exact) mass is 381 g/mol. The molecule has 0 radical (unpaired) electrons. The van der Waals surface area contributed by atoms with E-state index in [1.54, 1.807) is 4.90 Å². The van der Waals surface area contributed by atoms with Gasteiger partial charge < -0.3 is 0 Å². The maximum Gasteiger partial charge on any atom is 0.263 e. The normalized spacial score (nSPS) is 21.1. The summed E-state index contributed by atoms with van der Waals surface area (Å²) in [4.78, 5) is 31.9. The number of fused-ring (bicyclic) bond motifs is 4. The number of aromatic nitrogens is 1. The number of thioether (sulfide) groups is 1. The van der Waals surface area contributed by atoms with Gasteiger partial charge in [0.1, 0.15) is 0 Å². The van der Waals surface area contributed by atoms with Crippen molar-refractivity contribution in [3.05, 3.63) is 48.0 Å². The van der Waals surface area contributed by atoms with Crippen molar-refractivity contribution >= 4 is 55.9 Å². The number of carbonyl (C=O) groups excluding carboxylic acids is 2. The first-order chi connectivity index (χ1) is 12.6. The van der Waals surface area contributed by atoms with Gasteiger partial charge in [-0.3, -0.25) is 19.8 Å². The number of rotatable bonds is 2. The predicted molar refractivity (Wildman–Crippen MR) is 105 cm³/mol. The van der Waals surface area contributed by atoms with E-state index in [0.717, 1.165) is 26.4 Å². The van der Waals surface area contributed by atoms with Gasteiger partial charge in [0, 0.05) is 11.3 Å². The summed E-state index contributed by atoms with van der Waals surface area (Å²) in [6, 6.07) is 13.7. The predicted octanol–water partition coefficient (Wildman–Crippen LogP) is 4.17. The Kier molecular flexibility index (Phi) is 3.39. The molecule has 7 heteroatoms.